The predicted octanol–water partition coefficient (Wildman–Crippen LogP) is 3.10. The van der Waals surface area contributed by atoms with Crippen molar-refractivity contribution in [2.75, 3.05) is 25.0 Å². The lowest BCUT2D eigenvalue weighted by Gasteiger charge is -2.21. The van der Waals surface area contributed by atoms with Crippen molar-refractivity contribution in [3.8, 4) is 17.1 Å². The number of hydrogen-bond acceptors (Lipinski definition) is 6. The highest BCUT2D eigenvalue weighted by Crippen LogP contribution is 2.24. The van der Waals surface area contributed by atoms with Crippen molar-refractivity contribution in [1.29, 1.82) is 0 Å². The van der Waals surface area contributed by atoms with Crippen molar-refractivity contribution in [2.45, 2.75) is 32.6 Å². The Kier molecular flexibility index (Phi) is 7.85. The number of benzene rings is 2. The van der Waals surface area contributed by atoms with Crippen LogP contribution in [0.3, 0.4) is 0 Å². The highest BCUT2D eigenvalue weighted by Gasteiger charge is 2.26. The van der Waals surface area contributed by atoms with Gasteiger partial charge < -0.3 is 15.0 Å². The van der Waals surface area contributed by atoms with Gasteiger partial charge in [0, 0.05) is 29.6 Å². The smallest absolute Gasteiger partial charge is 0.251 e. The van der Waals surface area contributed by atoms with E-state index in [1.54, 1.807) is 57.2 Å². The second-order valence-corrected chi connectivity index (χ2v) is 9.59. The molecule has 1 aromatic heterocycles. The molecule has 3 rings (SSSR count). The minimum absolute atomic E-state index is 0.0968. The van der Waals surface area contributed by atoms with Crippen LogP contribution in [0.25, 0.3) is 11.4 Å². The summed E-state index contributed by atoms with van der Waals surface area (Å²) in [5.41, 5.74) is 2.07. The number of hydrogen-bond donors (Lipinski definition) is 2. The van der Waals surface area contributed by atoms with Crippen LogP contribution in [0.1, 0.15) is 25.1 Å². The van der Waals surface area contributed by atoms with Gasteiger partial charge in [-0.1, -0.05) is 19.1 Å². The summed E-state index contributed by atoms with van der Waals surface area (Å²) in [7, 11) is -3.89. The molecule has 9 nitrogen and oxygen atoms in total. The Morgan fingerprint density at radius 3 is 2.53 bits per heavy atom. The van der Waals surface area contributed by atoms with Gasteiger partial charge >= 0.3 is 0 Å². The summed E-state index contributed by atoms with van der Waals surface area (Å²) in [6.07, 6.45) is 0. The first-order chi connectivity index (χ1) is 16.1. The van der Waals surface area contributed by atoms with E-state index in [9.17, 15) is 18.0 Å². The average molecular weight is 485 g/mol. The van der Waals surface area contributed by atoms with E-state index in [0.29, 0.717) is 40.7 Å². The average Bonchev–Trinajstić information content (AvgIpc) is 2.78. The van der Waals surface area contributed by atoms with Gasteiger partial charge in [0.25, 0.3) is 5.56 Å². The molecule has 0 saturated heterocycles. The molecule has 0 aliphatic rings. The van der Waals surface area contributed by atoms with Gasteiger partial charge in [-0.25, -0.2) is 13.4 Å². The van der Waals surface area contributed by atoms with Crippen LogP contribution in [0.4, 0.5) is 5.69 Å². The fourth-order valence-electron chi connectivity index (χ4n) is 3.44. The zero-order valence-electron chi connectivity index (χ0n) is 19.6. The van der Waals surface area contributed by atoms with Crippen LogP contribution in [-0.2, 0) is 14.8 Å². The van der Waals surface area contributed by atoms with E-state index in [0.717, 1.165) is 4.31 Å². The van der Waals surface area contributed by atoms with E-state index < -0.39 is 15.9 Å². The molecule has 0 aliphatic carbocycles. The maximum absolute atomic E-state index is 13.1. The van der Waals surface area contributed by atoms with E-state index in [1.807, 2.05) is 6.92 Å². The fourth-order valence-corrected chi connectivity index (χ4v) is 4.93. The molecule has 180 valence electrons. The molecule has 1 heterocycles. The summed E-state index contributed by atoms with van der Waals surface area (Å²) in [4.78, 5) is 31.5. The summed E-state index contributed by atoms with van der Waals surface area (Å²) in [6, 6.07) is 12.8. The Bertz CT molecular complexity index is 1350. The van der Waals surface area contributed by atoms with E-state index in [4.69, 9.17) is 4.74 Å². The minimum Gasteiger partial charge on any atom is -0.494 e. The number of likely N-dealkylation sites (N-methyl/N-ethyl adjacent to an activating group) is 1. The summed E-state index contributed by atoms with van der Waals surface area (Å²) in [5.74, 6) is 0.507. The summed E-state index contributed by atoms with van der Waals surface area (Å²) >= 11 is 0. The molecule has 0 bridgehead atoms. The van der Waals surface area contributed by atoms with Crippen molar-refractivity contribution in [3.05, 3.63) is 70.1 Å². The molecule has 0 unspecified atom stereocenters. The molecular weight excluding hydrogens is 456 g/mol. The third-order valence-corrected chi connectivity index (χ3v) is 6.96. The third-order valence-electron chi connectivity index (χ3n) is 5.05. The Labute approximate surface area is 198 Å². The minimum atomic E-state index is -3.89. The third kappa shape index (κ3) is 5.89. The molecule has 2 N–H and O–H groups in total. The first-order valence-electron chi connectivity index (χ1n) is 10.9. The number of H-pyrrole nitrogens is 1. The molecular formula is C24H28N4O5S. The van der Waals surface area contributed by atoms with E-state index in [2.05, 4.69) is 15.3 Å². The summed E-state index contributed by atoms with van der Waals surface area (Å²) in [6.45, 7) is 7.27. The molecule has 0 fully saturated rings. The van der Waals surface area contributed by atoms with E-state index in [1.165, 1.54) is 12.1 Å². The predicted molar refractivity (Wildman–Crippen MR) is 130 cm³/mol. The molecule has 0 spiro atoms. The van der Waals surface area contributed by atoms with Gasteiger partial charge in [-0.3, -0.25) is 9.59 Å². The first-order valence-corrected chi connectivity index (χ1v) is 12.3. The first kappa shape index (κ1) is 25.1. The van der Waals surface area contributed by atoms with Crippen LogP contribution in [0.2, 0.25) is 0 Å². The van der Waals surface area contributed by atoms with Gasteiger partial charge in [0.2, 0.25) is 15.9 Å². The lowest BCUT2D eigenvalue weighted by atomic mass is 10.2. The van der Waals surface area contributed by atoms with Crippen LogP contribution < -0.4 is 15.6 Å². The van der Waals surface area contributed by atoms with Crippen LogP contribution >= 0.6 is 0 Å². The zero-order valence-corrected chi connectivity index (χ0v) is 20.4. The maximum Gasteiger partial charge on any atom is 0.251 e. The van der Waals surface area contributed by atoms with E-state index in [-0.39, 0.29) is 23.5 Å². The molecule has 0 saturated carbocycles. The van der Waals surface area contributed by atoms with Crippen LogP contribution in [0.15, 0.2) is 58.2 Å². The lowest BCUT2D eigenvalue weighted by molar-refractivity contribution is -0.116. The van der Waals surface area contributed by atoms with Crippen LogP contribution in [-0.4, -0.2) is 48.3 Å². The summed E-state index contributed by atoms with van der Waals surface area (Å²) in [5, 5.41) is 2.72. The second kappa shape index (κ2) is 10.6. The Hall–Kier alpha value is -3.50. The molecule has 34 heavy (non-hydrogen) atoms. The Morgan fingerprint density at radius 2 is 1.88 bits per heavy atom. The number of amides is 1. The van der Waals surface area contributed by atoms with Crippen molar-refractivity contribution in [2.24, 2.45) is 0 Å². The highest BCUT2D eigenvalue weighted by atomic mass is 32.2. The largest absolute Gasteiger partial charge is 0.494 e. The number of aromatic nitrogens is 2. The molecule has 0 aliphatic heterocycles. The molecule has 0 atom stereocenters. The number of carbonyl (C=O) groups excluding carboxylic acids is 1. The monoisotopic (exact) mass is 484 g/mol. The molecule has 1 amide bonds. The van der Waals surface area contributed by atoms with Gasteiger partial charge in [-0.15, -0.1) is 0 Å². The number of nitrogens with one attached hydrogen (secondary N) is 2. The SMILES string of the molecule is CCOc1ccc(S(=O)(=O)N(CC)CC(=O)Nc2cccc(-c3nc(C)cc(=O)[nH]3)c2)cc1C. The zero-order chi connectivity index (χ0) is 24.9. The molecule has 10 heteroatoms. The number of anilines is 1. The van der Waals surface area contributed by atoms with Crippen molar-refractivity contribution >= 4 is 21.6 Å². The molecule has 0 radical (unpaired) electrons. The normalized spacial score (nSPS) is 11.4. The van der Waals surface area contributed by atoms with Crippen LogP contribution in [0, 0.1) is 13.8 Å². The Balaban J connectivity index is 1.77. The number of carbonyl (C=O) groups is 1. The number of nitrogens with zero attached hydrogens (tertiary/aromatic N) is 2. The van der Waals surface area contributed by atoms with Gasteiger partial charge in [0.1, 0.15) is 11.6 Å². The topological polar surface area (TPSA) is 121 Å². The number of aryl methyl sites for hydroxylation is 2. The number of ether oxygens (including phenoxy) is 1. The fraction of sp³-hybridized carbons (Fsp3) is 0.292. The standard InChI is InChI=1S/C24H28N4O5S/c1-5-28(34(31,32)20-10-11-21(33-6-2)16(3)12-20)15-23(30)26-19-9-7-8-18(14-19)24-25-17(4)13-22(29)27-24/h7-14H,5-6,15H2,1-4H3,(H,26,30)(H,25,27,29). The maximum atomic E-state index is 13.1. The highest BCUT2D eigenvalue weighted by molar-refractivity contribution is 7.89. The van der Waals surface area contributed by atoms with Crippen molar-refractivity contribution < 1.29 is 17.9 Å². The van der Waals surface area contributed by atoms with Crippen LogP contribution in [0.5, 0.6) is 5.75 Å². The second-order valence-electron chi connectivity index (χ2n) is 7.66. The number of aromatic amines is 1. The van der Waals surface area contributed by atoms with E-state index >= 15 is 0 Å². The number of rotatable bonds is 9. The molecule has 2 aromatic carbocycles. The lowest BCUT2D eigenvalue weighted by Crippen LogP contribution is -2.37. The summed E-state index contributed by atoms with van der Waals surface area (Å²) < 4.78 is 32.9. The molecule has 3 aromatic rings. The quantitative estimate of drug-likeness (QED) is 0.481. The van der Waals surface area contributed by atoms with Gasteiger partial charge in [-0.2, -0.15) is 4.31 Å². The van der Waals surface area contributed by atoms with Gasteiger partial charge in [-0.05, 0) is 56.7 Å². The van der Waals surface area contributed by atoms with Crippen molar-refractivity contribution in [1.82, 2.24) is 14.3 Å². The Morgan fingerprint density at radius 1 is 1.12 bits per heavy atom. The van der Waals surface area contributed by atoms with Gasteiger partial charge in [0.15, 0.2) is 0 Å². The van der Waals surface area contributed by atoms with Crippen molar-refractivity contribution in [3.63, 3.8) is 0 Å². The number of sulfonamides is 1. The van der Waals surface area contributed by atoms with Gasteiger partial charge in [0.05, 0.1) is 18.0 Å².